The van der Waals surface area contributed by atoms with Crippen molar-refractivity contribution in [2.45, 2.75) is 25.4 Å². The van der Waals surface area contributed by atoms with Crippen LogP contribution in [0.25, 0.3) is 21.1 Å². The molecule has 1 saturated heterocycles. The number of carbonyl (C=O) groups excluding carboxylic acids is 1. The number of aliphatic hydroxyl groups excluding tert-OH is 1. The van der Waals surface area contributed by atoms with E-state index in [9.17, 15) is 4.79 Å². The fourth-order valence-electron chi connectivity index (χ4n) is 4.26. The Morgan fingerprint density at radius 1 is 1.33 bits per heavy atom. The van der Waals surface area contributed by atoms with Crippen molar-refractivity contribution in [2.75, 3.05) is 29.9 Å². The molecule has 0 spiro atoms. The summed E-state index contributed by atoms with van der Waals surface area (Å²) in [5.41, 5.74) is 1.87. The van der Waals surface area contributed by atoms with E-state index in [0.717, 1.165) is 51.3 Å². The molecule has 1 aliphatic heterocycles. The van der Waals surface area contributed by atoms with Crippen LogP contribution in [0.1, 0.15) is 24.9 Å². The summed E-state index contributed by atoms with van der Waals surface area (Å²) in [7, 11) is 0. The van der Waals surface area contributed by atoms with Crippen LogP contribution in [0, 0.1) is 0 Å². The molecule has 0 bridgehead atoms. The first kappa shape index (κ1) is 21.8. The lowest BCUT2D eigenvalue weighted by atomic mass is 10.1. The molecule has 1 fully saturated rings. The van der Waals surface area contributed by atoms with Crippen LogP contribution in [0.15, 0.2) is 42.0 Å². The number of halogens is 1. The molecule has 3 aromatic heterocycles. The molecule has 1 amide bonds. The van der Waals surface area contributed by atoms with Gasteiger partial charge in [0.15, 0.2) is 0 Å². The number of rotatable bonds is 6. The fraction of sp³-hybridized carbons (Fsp3) is 0.304. The number of benzene rings is 1. The van der Waals surface area contributed by atoms with E-state index < -0.39 is 6.61 Å². The zero-order valence-corrected chi connectivity index (χ0v) is 19.5. The Morgan fingerprint density at radius 2 is 2.21 bits per heavy atom. The zero-order chi connectivity index (χ0) is 22.9. The van der Waals surface area contributed by atoms with Gasteiger partial charge in [-0.15, -0.1) is 11.3 Å². The second kappa shape index (κ2) is 9.09. The van der Waals surface area contributed by atoms with Gasteiger partial charge in [-0.2, -0.15) is 0 Å². The number of amides is 1. The molecule has 4 heterocycles. The first-order valence-electron chi connectivity index (χ1n) is 10.7. The number of nitrogens with one attached hydrogen (secondary N) is 2. The highest BCUT2D eigenvalue weighted by atomic mass is 35.5. The summed E-state index contributed by atoms with van der Waals surface area (Å²) in [4.78, 5) is 28.5. The van der Waals surface area contributed by atoms with E-state index in [1.165, 1.54) is 0 Å². The monoisotopic (exact) mass is 482 g/mol. The molecule has 4 aromatic rings. The molecule has 0 radical (unpaired) electrons. The number of hydrogen-bond acceptors (Lipinski definition) is 8. The number of hydrogen-bond donors (Lipinski definition) is 3. The molecule has 0 saturated carbocycles. The van der Waals surface area contributed by atoms with Crippen molar-refractivity contribution in [3.8, 4) is 0 Å². The lowest BCUT2D eigenvalue weighted by molar-refractivity contribution is -0.124. The maximum Gasteiger partial charge on any atom is 0.245 e. The van der Waals surface area contributed by atoms with Gasteiger partial charge in [0.05, 0.1) is 16.9 Å². The van der Waals surface area contributed by atoms with Crippen molar-refractivity contribution in [2.24, 2.45) is 0 Å². The summed E-state index contributed by atoms with van der Waals surface area (Å²) in [6.45, 7) is 2.95. The van der Waals surface area contributed by atoms with Crippen molar-refractivity contribution in [1.82, 2.24) is 20.3 Å². The van der Waals surface area contributed by atoms with Gasteiger partial charge >= 0.3 is 0 Å². The average molecular weight is 483 g/mol. The van der Waals surface area contributed by atoms with Gasteiger partial charge in [0, 0.05) is 35.1 Å². The molecular formula is C23H23ClN6O2S. The maximum atomic E-state index is 11.7. The molecule has 5 rings (SSSR count). The summed E-state index contributed by atoms with van der Waals surface area (Å²) >= 11 is 7.83. The number of fused-ring (bicyclic) bond motifs is 2. The predicted molar refractivity (Wildman–Crippen MR) is 132 cm³/mol. The largest absolute Gasteiger partial charge is 0.387 e. The first-order valence-corrected chi connectivity index (χ1v) is 12.0. The summed E-state index contributed by atoms with van der Waals surface area (Å²) in [6, 6.07) is 9.68. The van der Waals surface area contributed by atoms with Crippen LogP contribution in [0.3, 0.4) is 0 Å². The minimum atomic E-state index is -0.506. The van der Waals surface area contributed by atoms with Gasteiger partial charge in [-0.25, -0.2) is 15.0 Å². The fourth-order valence-corrected chi connectivity index (χ4v) is 5.17. The zero-order valence-electron chi connectivity index (χ0n) is 18.0. The Morgan fingerprint density at radius 3 is 3.06 bits per heavy atom. The third-order valence-corrected chi connectivity index (χ3v) is 6.92. The quantitative estimate of drug-likeness (QED) is 0.384. The van der Waals surface area contributed by atoms with E-state index in [-0.39, 0.29) is 18.0 Å². The van der Waals surface area contributed by atoms with Crippen molar-refractivity contribution in [1.29, 1.82) is 0 Å². The maximum absolute atomic E-state index is 11.7. The third kappa shape index (κ3) is 4.44. The summed E-state index contributed by atoms with van der Waals surface area (Å²) < 4.78 is 0. The van der Waals surface area contributed by atoms with Gasteiger partial charge in [-0.3, -0.25) is 4.79 Å². The molecule has 33 heavy (non-hydrogen) atoms. The van der Waals surface area contributed by atoms with Gasteiger partial charge in [0.1, 0.15) is 29.4 Å². The van der Waals surface area contributed by atoms with Gasteiger partial charge in [-0.1, -0.05) is 11.6 Å². The van der Waals surface area contributed by atoms with Crippen LogP contribution in [0.4, 0.5) is 11.6 Å². The smallest absolute Gasteiger partial charge is 0.245 e. The number of anilines is 2. The van der Waals surface area contributed by atoms with E-state index >= 15 is 0 Å². The van der Waals surface area contributed by atoms with Crippen molar-refractivity contribution >= 4 is 61.6 Å². The minimum Gasteiger partial charge on any atom is -0.387 e. The molecule has 170 valence electrons. The molecule has 1 aliphatic rings. The number of carbonyl (C=O) groups is 1. The number of pyridine rings is 1. The Labute approximate surface area is 199 Å². The van der Waals surface area contributed by atoms with E-state index in [1.807, 2.05) is 29.6 Å². The van der Waals surface area contributed by atoms with E-state index in [2.05, 4.69) is 38.5 Å². The van der Waals surface area contributed by atoms with E-state index in [1.54, 1.807) is 17.7 Å². The van der Waals surface area contributed by atoms with Gasteiger partial charge in [0.25, 0.3) is 0 Å². The van der Waals surface area contributed by atoms with Crippen LogP contribution in [0.2, 0.25) is 5.02 Å². The number of aliphatic hydroxyl groups is 1. The lowest BCUT2D eigenvalue weighted by Crippen LogP contribution is -2.38. The molecule has 2 atom stereocenters. The normalized spacial score (nSPS) is 16.9. The van der Waals surface area contributed by atoms with Crippen molar-refractivity contribution < 1.29 is 9.90 Å². The van der Waals surface area contributed by atoms with Crippen LogP contribution < -0.4 is 15.5 Å². The Hall–Kier alpha value is -3.01. The standard InChI is InChI=1S/C23H23ClN6O2S/c1-13(27-21-17-5-7-33-23(17)26-12-25-21)18-9-14-8-15(24)2-3-19(14)29-22(18)30-6-4-16(10-30)28-20(32)11-31/h2-3,5,7-9,12-13,16,31H,4,6,10-11H2,1H3,(H,28,32)(H,25,26,27)/t13-,16+/m0/s1. The molecule has 1 aromatic carbocycles. The highest BCUT2D eigenvalue weighted by molar-refractivity contribution is 7.16. The lowest BCUT2D eigenvalue weighted by Gasteiger charge is -2.25. The molecular weight excluding hydrogens is 460 g/mol. The van der Waals surface area contributed by atoms with Gasteiger partial charge < -0.3 is 20.6 Å². The third-order valence-electron chi connectivity index (χ3n) is 5.86. The highest BCUT2D eigenvalue weighted by Crippen LogP contribution is 2.34. The van der Waals surface area contributed by atoms with Crippen LogP contribution in [-0.2, 0) is 4.79 Å². The first-order chi connectivity index (χ1) is 16.0. The number of aromatic nitrogens is 3. The van der Waals surface area contributed by atoms with Crippen LogP contribution >= 0.6 is 22.9 Å². The Bertz CT molecular complexity index is 1330. The van der Waals surface area contributed by atoms with Gasteiger partial charge in [0.2, 0.25) is 5.91 Å². The van der Waals surface area contributed by atoms with E-state index in [4.69, 9.17) is 21.7 Å². The average Bonchev–Trinajstić information content (AvgIpc) is 3.48. The molecule has 3 N–H and O–H groups in total. The van der Waals surface area contributed by atoms with Crippen LogP contribution in [-0.4, -0.2) is 51.7 Å². The molecule has 0 aliphatic carbocycles. The van der Waals surface area contributed by atoms with Gasteiger partial charge in [-0.05, 0) is 49.1 Å². The van der Waals surface area contributed by atoms with Crippen molar-refractivity contribution in [3.63, 3.8) is 0 Å². The SMILES string of the molecule is C[C@H](Nc1ncnc2sccc12)c1cc2cc(Cl)ccc2nc1N1CC[C@@H](NC(=O)CO)C1. The summed E-state index contributed by atoms with van der Waals surface area (Å²) in [6.07, 6.45) is 2.36. The van der Waals surface area contributed by atoms with E-state index in [0.29, 0.717) is 11.6 Å². The van der Waals surface area contributed by atoms with Crippen molar-refractivity contribution in [3.05, 3.63) is 52.6 Å². The molecule has 10 heteroatoms. The molecule has 0 unspecified atom stereocenters. The summed E-state index contributed by atoms with van der Waals surface area (Å²) in [5.74, 6) is 1.28. The van der Waals surface area contributed by atoms with Crippen LogP contribution in [0.5, 0.6) is 0 Å². The second-order valence-corrected chi connectivity index (χ2v) is 9.45. The predicted octanol–water partition coefficient (Wildman–Crippen LogP) is 3.75. The minimum absolute atomic E-state index is 0.0317. The highest BCUT2D eigenvalue weighted by Gasteiger charge is 2.28. The topological polar surface area (TPSA) is 103 Å². The number of nitrogens with zero attached hydrogens (tertiary/aromatic N) is 4. The Balaban J connectivity index is 1.51. The number of thiophene rings is 1. The Kier molecular flexibility index (Phi) is 6.01. The summed E-state index contributed by atoms with van der Waals surface area (Å²) in [5, 5.41) is 20.1. The molecule has 8 nitrogen and oxygen atoms in total. The second-order valence-electron chi connectivity index (χ2n) is 8.12.